The van der Waals surface area contributed by atoms with E-state index in [4.69, 9.17) is 0 Å². The highest BCUT2D eigenvalue weighted by molar-refractivity contribution is 5.98. The summed E-state index contributed by atoms with van der Waals surface area (Å²) in [6.07, 6.45) is 4.06. The van der Waals surface area contributed by atoms with Gasteiger partial charge >= 0.3 is 0 Å². The van der Waals surface area contributed by atoms with Crippen LogP contribution in [-0.4, -0.2) is 170 Å². The molecular weight excluding hydrogens is 1040 g/mol. The molecule has 2 saturated heterocycles. The molecule has 4 aromatic rings. The quantitative estimate of drug-likeness (QED) is 0.0509. The molecule has 8 amide bonds. The molecule has 0 unspecified atom stereocenters. The molecule has 0 aromatic heterocycles. The Hall–Kier alpha value is -7.44. The van der Waals surface area contributed by atoms with E-state index in [1.165, 1.54) is 0 Å². The van der Waals surface area contributed by atoms with E-state index in [9.17, 15) is 38.4 Å². The average Bonchev–Trinajstić information content (AvgIpc) is 4.17. The molecule has 6 rings (SSSR count). The molecule has 2 aliphatic heterocycles. The third-order valence-corrected chi connectivity index (χ3v) is 15.8. The normalized spacial score (nSPS) is 16.8. The number of hydrogen-bond donors (Lipinski definition) is 6. The predicted molar refractivity (Wildman–Crippen MR) is 319 cm³/mol. The van der Waals surface area contributed by atoms with Gasteiger partial charge in [0.15, 0.2) is 0 Å². The molecular formula is C64H88N10O8. The Morgan fingerprint density at radius 3 is 1.17 bits per heavy atom. The molecule has 2 fully saturated rings. The van der Waals surface area contributed by atoms with Crippen LogP contribution in [0.3, 0.4) is 0 Å². The molecule has 18 heteroatoms. The van der Waals surface area contributed by atoms with Gasteiger partial charge in [-0.05, 0) is 124 Å². The van der Waals surface area contributed by atoms with Crippen molar-refractivity contribution in [1.82, 2.24) is 51.5 Å². The number of likely N-dealkylation sites (tertiary alicyclic amines) is 2. The number of rotatable bonds is 25. The number of benzene rings is 4. The molecule has 6 N–H and O–H groups in total. The Balaban J connectivity index is 1.06. The average molecular weight is 1130 g/mol. The van der Waals surface area contributed by atoms with Crippen molar-refractivity contribution in [2.45, 2.75) is 130 Å². The van der Waals surface area contributed by atoms with Gasteiger partial charge in [0.2, 0.25) is 35.4 Å². The maximum Gasteiger partial charge on any atom is 0.251 e. The van der Waals surface area contributed by atoms with Crippen LogP contribution in [-0.2, 0) is 41.6 Å². The summed E-state index contributed by atoms with van der Waals surface area (Å²) in [5, 5.41) is 17.4. The van der Waals surface area contributed by atoms with Crippen LogP contribution in [0, 0.1) is 10.8 Å². The lowest BCUT2D eigenvalue weighted by Crippen LogP contribution is -2.59. The van der Waals surface area contributed by atoms with Crippen molar-refractivity contribution in [2.24, 2.45) is 10.8 Å². The van der Waals surface area contributed by atoms with E-state index in [-0.39, 0.29) is 73.7 Å². The van der Waals surface area contributed by atoms with E-state index < -0.39 is 46.8 Å². The monoisotopic (exact) mass is 1120 g/mol. The van der Waals surface area contributed by atoms with Crippen LogP contribution in [0.4, 0.5) is 0 Å². The number of likely N-dealkylation sites (N-methyl/N-ethyl adjacent to an activating group) is 2. The maximum absolute atomic E-state index is 14.2. The molecule has 0 spiro atoms. The molecule has 2 heterocycles. The Labute approximate surface area is 485 Å². The van der Waals surface area contributed by atoms with Crippen molar-refractivity contribution >= 4 is 47.3 Å². The molecule has 0 bridgehead atoms. The van der Waals surface area contributed by atoms with Gasteiger partial charge in [-0.25, -0.2) is 0 Å². The number of hydrogen-bond acceptors (Lipinski definition) is 10. The van der Waals surface area contributed by atoms with Crippen molar-refractivity contribution < 1.29 is 38.4 Å². The lowest BCUT2D eigenvalue weighted by atomic mass is 9.85. The molecule has 6 atom stereocenters. The number of nitrogens with one attached hydrogen (secondary N) is 6. The number of carbonyl (C=O) groups is 8. The molecule has 18 nitrogen and oxygen atoms in total. The van der Waals surface area contributed by atoms with Crippen LogP contribution >= 0.6 is 0 Å². The van der Waals surface area contributed by atoms with Gasteiger partial charge in [-0.15, -0.1) is 0 Å². The van der Waals surface area contributed by atoms with Crippen molar-refractivity contribution in [3.05, 3.63) is 131 Å². The summed E-state index contributed by atoms with van der Waals surface area (Å²) in [5.74, 6) is -2.32. The Bertz CT molecular complexity index is 2610. The minimum Gasteiger partial charge on any atom is -0.343 e. The second-order valence-corrected chi connectivity index (χ2v) is 24.0. The SMILES string of the molecule is CN[C@@H](C)C(=O)N[C@H](C(=O)N1CCC[C@@H]1CN(CCc1ccccc1)C(=O)CNC(=O)c1ccc(-c2ccc(C(=O)NCC(=O)N(CCc3ccccc3)C[C@@H]3CCCN3C(=O)[C@@H](NC(=O)[C@H](C)NC)C(C)(C)C)cc2)cc1)C(C)(C)C. The second kappa shape index (κ2) is 29.5. The first kappa shape index (κ1) is 63.7. The van der Waals surface area contributed by atoms with Gasteiger partial charge in [-0.1, -0.05) is 126 Å². The van der Waals surface area contributed by atoms with Gasteiger partial charge in [0.1, 0.15) is 12.1 Å². The Kier molecular flexibility index (Phi) is 22.9. The van der Waals surface area contributed by atoms with Crippen molar-refractivity contribution in [2.75, 3.05) is 66.5 Å². The van der Waals surface area contributed by atoms with Crippen molar-refractivity contribution in [3.8, 4) is 11.1 Å². The van der Waals surface area contributed by atoms with Crippen LogP contribution in [0.5, 0.6) is 0 Å². The second-order valence-electron chi connectivity index (χ2n) is 24.0. The zero-order chi connectivity index (χ0) is 59.7. The third kappa shape index (κ3) is 17.8. The number of nitrogens with zero attached hydrogens (tertiary/aromatic N) is 4. The highest BCUT2D eigenvalue weighted by atomic mass is 16.2. The molecule has 4 aromatic carbocycles. The smallest absolute Gasteiger partial charge is 0.251 e. The molecule has 82 heavy (non-hydrogen) atoms. The minimum atomic E-state index is -0.773. The highest BCUT2D eigenvalue weighted by Crippen LogP contribution is 2.29. The summed E-state index contributed by atoms with van der Waals surface area (Å²) < 4.78 is 0. The van der Waals surface area contributed by atoms with Crippen LogP contribution in [0.2, 0.25) is 0 Å². The van der Waals surface area contributed by atoms with Crippen LogP contribution in [0.15, 0.2) is 109 Å². The number of carbonyl (C=O) groups excluding carboxylic acids is 8. The highest BCUT2D eigenvalue weighted by Gasteiger charge is 2.42. The zero-order valence-corrected chi connectivity index (χ0v) is 49.8. The third-order valence-electron chi connectivity index (χ3n) is 15.8. The minimum absolute atomic E-state index is 0.183. The summed E-state index contributed by atoms with van der Waals surface area (Å²) >= 11 is 0. The Morgan fingerprint density at radius 1 is 0.512 bits per heavy atom. The van der Waals surface area contributed by atoms with E-state index >= 15 is 0 Å². The first-order valence-corrected chi connectivity index (χ1v) is 29.0. The lowest BCUT2D eigenvalue weighted by molar-refractivity contribution is -0.142. The first-order valence-electron chi connectivity index (χ1n) is 29.0. The van der Waals surface area contributed by atoms with E-state index in [1.54, 1.807) is 96.1 Å². The molecule has 442 valence electrons. The largest absolute Gasteiger partial charge is 0.343 e. The topological polar surface area (TPSA) is 222 Å². The fraction of sp³-hybridized carbons (Fsp3) is 0.500. The van der Waals surface area contributed by atoms with Crippen molar-refractivity contribution in [3.63, 3.8) is 0 Å². The van der Waals surface area contributed by atoms with Gasteiger partial charge < -0.3 is 51.5 Å². The van der Waals surface area contributed by atoms with Gasteiger partial charge in [0.05, 0.1) is 25.2 Å². The number of amides is 8. The molecule has 0 radical (unpaired) electrons. The van der Waals surface area contributed by atoms with E-state index in [0.717, 1.165) is 35.1 Å². The van der Waals surface area contributed by atoms with Crippen LogP contribution in [0.1, 0.15) is 113 Å². The standard InChI is InChI=1S/C64H88N10O8/c1-43(65-9)57(77)69-55(63(3,4)5)61(81)73-35-17-23-51(73)41-71(37-33-45-19-13-11-14-20-45)53(75)39-67-59(79)49-29-25-47(26-30-49)48-27-31-50(32-28-48)60(80)68-40-54(76)72(38-34-46-21-15-12-16-22-46)42-52-24-18-36-74(52)62(82)56(64(6,7)8)70-58(78)44(2)66-10/h11-16,19-22,25-32,43-44,51-52,55-56,65-66H,17-18,23-24,33-42H2,1-10H3,(H,67,79)(H,68,80)(H,69,77)(H,70,78)/t43-,44-,51-,52+,55+,56+/m0/s1. The van der Waals surface area contributed by atoms with E-state index in [0.29, 0.717) is 63.0 Å². The van der Waals surface area contributed by atoms with Gasteiger partial charge in [-0.3, -0.25) is 38.4 Å². The molecule has 0 saturated carbocycles. The van der Waals surface area contributed by atoms with Gasteiger partial charge in [0.25, 0.3) is 11.8 Å². The summed E-state index contributed by atoms with van der Waals surface area (Å²) in [4.78, 5) is 117. The van der Waals surface area contributed by atoms with Gasteiger partial charge in [-0.2, -0.15) is 0 Å². The molecule has 2 aliphatic rings. The van der Waals surface area contributed by atoms with Crippen LogP contribution < -0.4 is 31.9 Å². The predicted octanol–water partition coefficient (Wildman–Crippen LogP) is 5.22. The first-order chi connectivity index (χ1) is 39.0. The lowest BCUT2D eigenvalue weighted by Gasteiger charge is -2.37. The molecule has 0 aliphatic carbocycles. The van der Waals surface area contributed by atoms with Gasteiger partial charge in [0, 0.05) is 62.5 Å². The fourth-order valence-electron chi connectivity index (χ4n) is 10.4. The zero-order valence-electron chi connectivity index (χ0n) is 49.8. The van der Waals surface area contributed by atoms with Crippen LogP contribution in [0.25, 0.3) is 11.1 Å². The summed E-state index contributed by atoms with van der Waals surface area (Å²) in [6.45, 7) is 16.8. The summed E-state index contributed by atoms with van der Waals surface area (Å²) in [5.41, 5.74) is 3.25. The maximum atomic E-state index is 14.2. The summed E-state index contributed by atoms with van der Waals surface area (Å²) in [7, 11) is 3.39. The Morgan fingerprint density at radius 2 is 0.854 bits per heavy atom. The van der Waals surface area contributed by atoms with E-state index in [1.807, 2.05) is 102 Å². The summed E-state index contributed by atoms with van der Waals surface area (Å²) in [6, 6.07) is 30.5. The van der Waals surface area contributed by atoms with Crippen molar-refractivity contribution in [1.29, 1.82) is 0 Å². The van der Waals surface area contributed by atoms with E-state index in [2.05, 4.69) is 31.9 Å². The fourth-order valence-corrected chi connectivity index (χ4v) is 10.4.